The molecule has 1 atom stereocenters. The third-order valence-corrected chi connectivity index (χ3v) is 6.12. The van der Waals surface area contributed by atoms with Crippen molar-refractivity contribution in [3.05, 3.63) is 59.7 Å². The van der Waals surface area contributed by atoms with Crippen molar-refractivity contribution in [3.63, 3.8) is 0 Å². The predicted molar refractivity (Wildman–Crippen MR) is 102 cm³/mol. The molecule has 0 saturated carbocycles. The Labute approximate surface area is 166 Å². The number of fused-ring (bicyclic) bond motifs is 1. The number of anilines is 1. The average molecular weight is 423 g/mol. The van der Waals surface area contributed by atoms with Crippen molar-refractivity contribution in [3.8, 4) is 0 Å². The van der Waals surface area contributed by atoms with E-state index >= 15 is 0 Å². The average Bonchev–Trinajstić information content (AvgIpc) is 2.67. The molecule has 0 spiro atoms. The van der Waals surface area contributed by atoms with Gasteiger partial charge in [-0.15, -0.1) is 0 Å². The van der Waals surface area contributed by atoms with E-state index in [4.69, 9.17) is 5.73 Å². The number of hydrogen-bond donors (Lipinski definition) is 2. The van der Waals surface area contributed by atoms with Crippen LogP contribution in [0.2, 0.25) is 0 Å². The van der Waals surface area contributed by atoms with Gasteiger partial charge in [0.15, 0.2) is 0 Å². The lowest BCUT2D eigenvalue weighted by Crippen LogP contribution is -2.50. The van der Waals surface area contributed by atoms with Crippen LogP contribution in [-0.4, -0.2) is 43.5 Å². The molecule has 10 heteroatoms. The van der Waals surface area contributed by atoms with E-state index in [1.54, 1.807) is 4.90 Å². The van der Waals surface area contributed by atoms with Crippen LogP contribution < -0.4 is 11.1 Å². The van der Waals surface area contributed by atoms with E-state index < -0.39 is 38.3 Å². The zero-order valence-electron chi connectivity index (χ0n) is 15.2. The fourth-order valence-corrected chi connectivity index (χ4v) is 3.96. The van der Waals surface area contributed by atoms with Crippen molar-refractivity contribution in [2.75, 3.05) is 11.9 Å². The maximum atomic E-state index is 12.6. The lowest BCUT2D eigenvalue weighted by Gasteiger charge is -2.34. The molecule has 0 fully saturated rings. The first kappa shape index (κ1) is 20.9. The van der Waals surface area contributed by atoms with Gasteiger partial charge >= 0.3 is 5.76 Å². The Kier molecular flexibility index (Phi) is 5.94. The van der Waals surface area contributed by atoms with Crippen LogP contribution in [0.5, 0.6) is 0 Å². The normalized spacial score (nSPS) is 17.0. The lowest BCUT2D eigenvalue weighted by atomic mass is 9.93. The number of sulfone groups is 1. The molecule has 1 heterocycles. The lowest BCUT2D eigenvalue weighted by molar-refractivity contribution is -0.125. The molecule has 7 nitrogen and oxygen atoms in total. The quantitative estimate of drug-likeness (QED) is 0.732. The molecule has 0 unspecified atom stereocenters. The standard InChI is InChI=1S/C19H19F2N3O4S/c20-19(21)29(27,28)15-7-5-14(6-8-15)23-17(25)11-24-10-13-4-2-1-3-12(13)9-16(24)18(22)26/h1-8,16,19H,9-11H2,(H2,22,26)(H,23,25)/t16-/m0/s1. The molecular weight excluding hydrogens is 404 g/mol. The Morgan fingerprint density at radius 3 is 2.31 bits per heavy atom. The number of carbonyl (C=O) groups is 2. The Balaban J connectivity index is 1.69. The Bertz CT molecular complexity index is 1030. The van der Waals surface area contributed by atoms with Gasteiger partial charge in [-0.2, -0.15) is 8.78 Å². The van der Waals surface area contributed by atoms with Crippen LogP contribution in [0.1, 0.15) is 11.1 Å². The maximum Gasteiger partial charge on any atom is 0.341 e. The molecule has 2 aromatic rings. The van der Waals surface area contributed by atoms with Crippen LogP contribution in [0, 0.1) is 0 Å². The summed E-state index contributed by atoms with van der Waals surface area (Å²) in [4.78, 5) is 25.4. The molecule has 0 bridgehead atoms. The molecule has 0 radical (unpaired) electrons. The highest BCUT2D eigenvalue weighted by molar-refractivity contribution is 7.91. The van der Waals surface area contributed by atoms with E-state index in [2.05, 4.69) is 5.32 Å². The number of amides is 2. The van der Waals surface area contributed by atoms with Gasteiger partial charge in [-0.1, -0.05) is 24.3 Å². The molecule has 0 saturated heterocycles. The van der Waals surface area contributed by atoms with E-state index in [0.717, 1.165) is 23.3 Å². The molecule has 2 aromatic carbocycles. The monoisotopic (exact) mass is 423 g/mol. The molecule has 0 aromatic heterocycles. The molecule has 29 heavy (non-hydrogen) atoms. The summed E-state index contributed by atoms with van der Waals surface area (Å²) >= 11 is 0. The summed E-state index contributed by atoms with van der Waals surface area (Å²) in [6, 6.07) is 11.4. The van der Waals surface area contributed by atoms with Gasteiger partial charge in [0.2, 0.25) is 21.7 Å². The second-order valence-corrected chi connectivity index (χ2v) is 8.59. The van der Waals surface area contributed by atoms with E-state index in [9.17, 15) is 26.8 Å². The third-order valence-electron chi connectivity index (χ3n) is 4.72. The molecule has 1 aliphatic heterocycles. The number of nitrogens with zero attached hydrogens (tertiary/aromatic N) is 1. The number of carbonyl (C=O) groups excluding carboxylic acids is 2. The van der Waals surface area contributed by atoms with Gasteiger partial charge in [0.05, 0.1) is 17.5 Å². The molecule has 3 N–H and O–H groups in total. The number of halogens is 2. The Morgan fingerprint density at radius 1 is 1.10 bits per heavy atom. The fraction of sp³-hybridized carbons (Fsp3) is 0.263. The molecule has 154 valence electrons. The number of primary amides is 1. The fourth-order valence-electron chi connectivity index (χ4n) is 3.24. The number of nitrogens with one attached hydrogen (secondary N) is 1. The smallest absolute Gasteiger partial charge is 0.341 e. The minimum atomic E-state index is -4.70. The maximum absolute atomic E-state index is 12.6. The Hall–Kier alpha value is -2.85. The van der Waals surface area contributed by atoms with Gasteiger partial charge in [-0.05, 0) is 41.8 Å². The first-order valence-electron chi connectivity index (χ1n) is 8.70. The minimum absolute atomic E-state index is 0.112. The largest absolute Gasteiger partial charge is 0.368 e. The van der Waals surface area contributed by atoms with Crippen LogP contribution in [0.15, 0.2) is 53.4 Å². The van der Waals surface area contributed by atoms with Gasteiger partial charge in [0.25, 0.3) is 0 Å². The van der Waals surface area contributed by atoms with Crippen molar-refractivity contribution in [1.82, 2.24) is 4.90 Å². The third kappa shape index (κ3) is 4.60. The van der Waals surface area contributed by atoms with Crippen LogP contribution in [0.4, 0.5) is 14.5 Å². The van der Waals surface area contributed by atoms with Crippen molar-refractivity contribution in [1.29, 1.82) is 0 Å². The van der Waals surface area contributed by atoms with Crippen LogP contribution in [-0.2, 0) is 32.4 Å². The summed E-state index contributed by atoms with van der Waals surface area (Å²) in [6.07, 6.45) is 0.402. The van der Waals surface area contributed by atoms with E-state index in [1.807, 2.05) is 24.3 Å². The molecule has 3 rings (SSSR count). The van der Waals surface area contributed by atoms with E-state index in [1.165, 1.54) is 12.1 Å². The van der Waals surface area contributed by atoms with Crippen molar-refractivity contribution < 1.29 is 26.8 Å². The summed E-state index contributed by atoms with van der Waals surface area (Å²) in [5, 5.41) is 2.57. The van der Waals surface area contributed by atoms with Crippen LogP contribution in [0.25, 0.3) is 0 Å². The van der Waals surface area contributed by atoms with Crippen molar-refractivity contribution in [2.24, 2.45) is 5.73 Å². The summed E-state index contributed by atoms with van der Waals surface area (Å²) in [7, 11) is -4.70. The summed E-state index contributed by atoms with van der Waals surface area (Å²) in [5.41, 5.74) is 7.74. The van der Waals surface area contributed by atoms with E-state index in [-0.39, 0.29) is 12.2 Å². The number of alkyl halides is 2. The molecule has 0 aliphatic carbocycles. The van der Waals surface area contributed by atoms with Crippen LogP contribution in [0.3, 0.4) is 0 Å². The van der Waals surface area contributed by atoms with Gasteiger partial charge in [0.1, 0.15) is 0 Å². The highest BCUT2D eigenvalue weighted by atomic mass is 32.2. The highest BCUT2D eigenvalue weighted by Gasteiger charge is 2.31. The SMILES string of the molecule is NC(=O)[C@@H]1Cc2ccccc2CN1CC(=O)Nc1ccc(S(=O)(=O)C(F)F)cc1. The number of rotatable bonds is 6. The molecule has 2 amide bonds. The van der Waals surface area contributed by atoms with Gasteiger partial charge in [-0.25, -0.2) is 8.42 Å². The van der Waals surface area contributed by atoms with Gasteiger partial charge in [0, 0.05) is 12.2 Å². The van der Waals surface area contributed by atoms with Crippen LogP contribution >= 0.6 is 0 Å². The van der Waals surface area contributed by atoms with Crippen molar-refractivity contribution >= 4 is 27.3 Å². The van der Waals surface area contributed by atoms with Gasteiger partial charge in [-0.3, -0.25) is 14.5 Å². The second kappa shape index (κ2) is 8.26. The zero-order chi connectivity index (χ0) is 21.2. The highest BCUT2D eigenvalue weighted by Crippen LogP contribution is 2.24. The number of nitrogens with two attached hydrogens (primary N) is 1. The molecule has 1 aliphatic rings. The van der Waals surface area contributed by atoms with Crippen molar-refractivity contribution in [2.45, 2.75) is 29.7 Å². The number of benzene rings is 2. The number of hydrogen-bond acceptors (Lipinski definition) is 5. The first-order chi connectivity index (χ1) is 13.7. The minimum Gasteiger partial charge on any atom is -0.368 e. The molecular formula is C19H19F2N3O4S. The second-order valence-electron chi connectivity index (χ2n) is 6.67. The summed E-state index contributed by atoms with van der Waals surface area (Å²) < 4.78 is 48.0. The summed E-state index contributed by atoms with van der Waals surface area (Å²) in [5.74, 6) is -4.50. The summed E-state index contributed by atoms with van der Waals surface area (Å²) in [6.45, 7) is 0.266. The predicted octanol–water partition coefficient (Wildman–Crippen LogP) is 1.53. The Morgan fingerprint density at radius 2 is 1.72 bits per heavy atom. The zero-order valence-corrected chi connectivity index (χ0v) is 16.0. The first-order valence-corrected chi connectivity index (χ1v) is 10.2. The van der Waals surface area contributed by atoms with Gasteiger partial charge < -0.3 is 11.1 Å². The van der Waals surface area contributed by atoms with E-state index in [0.29, 0.717) is 13.0 Å². The topological polar surface area (TPSA) is 110 Å².